The van der Waals surface area contributed by atoms with Crippen LogP contribution < -0.4 is 11.1 Å². The lowest BCUT2D eigenvalue weighted by Gasteiger charge is -2.06. The zero-order valence-electron chi connectivity index (χ0n) is 14.5. The van der Waals surface area contributed by atoms with Crippen molar-refractivity contribution < 1.29 is 19.7 Å². The van der Waals surface area contributed by atoms with Gasteiger partial charge in [-0.2, -0.15) is 0 Å². The van der Waals surface area contributed by atoms with Crippen LogP contribution in [0.1, 0.15) is 23.2 Å². The van der Waals surface area contributed by atoms with Gasteiger partial charge in [-0.05, 0) is 11.1 Å². The summed E-state index contributed by atoms with van der Waals surface area (Å²) in [5.41, 5.74) is 7.83. The molecule has 0 spiro atoms. The van der Waals surface area contributed by atoms with Crippen LogP contribution in [0.5, 0.6) is 0 Å². The Morgan fingerprint density at radius 3 is 2.08 bits per heavy atom. The lowest BCUT2D eigenvalue weighted by molar-refractivity contribution is -0.0979. The molecule has 0 amide bonds. The van der Waals surface area contributed by atoms with Crippen molar-refractivity contribution in [2.45, 2.75) is 12.1 Å². The number of hydrogen-bond acceptors (Lipinski definition) is 6. The van der Waals surface area contributed by atoms with Crippen LogP contribution in [0, 0.1) is 0 Å². The molecule has 0 radical (unpaired) electrons. The Labute approximate surface area is 149 Å². The van der Waals surface area contributed by atoms with Gasteiger partial charge in [0, 0.05) is 7.11 Å². The Hall–Kier alpha value is -2.09. The van der Waals surface area contributed by atoms with Crippen molar-refractivity contribution in [1.82, 2.24) is 5.32 Å². The zero-order valence-corrected chi connectivity index (χ0v) is 14.5. The fourth-order valence-corrected chi connectivity index (χ4v) is 2.10. The van der Waals surface area contributed by atoms with E-state index in [9.17, 15) is 0 Å². The van der Waals surface area contributed by atoms with Crippen molar-refractivity contribution in [2.75, 3.05) is 27.1 Å². The zero-order chi connectivity index (χ0) is 18.9. The second-order valence-electron chi connectivity index (χ2n) is 4.88. The van der Waals surface area contributed by atoms with Gasteiger partial charge in [0.2, 0.25) is 0 Å². The van der Waals surface area contributed by atoms with E-state index in [0.717, 1.165) is 19.3 Å². The summed E-state index contributed by atoms with van der Waals surface area (Å²) in [7, 11) is 1.00. The third kappa shape index (κ3) is 9.09. The predicted octanol–water partition coefficient (Wildman–Crippen LogP) is 1.41. The fourth-order valence-electron chi connectivity index (χ4n) is 2.10. The third-order valence-electron chi connectivity index (χ3n) is 3.34. The Balaban J connectivity index is 0.000000387. The maximum atomic E-state index is 8.66. The highest BCUT2D eigenvalue weighted by Crippen LogP contribution is 2.15. The van der Waals surface area contributed by atoms with Gasteiger partial charge in [-0.15, -0.1) is 0 Å². The molecule has 1 fully saturated rings. The van der Waals surface area contributed by atoms with Gasteiger partial charge in [-0.3, -0.25) is 5.32 Å². The van der Waals surface area contributed by atoms with Gasteiger partial charge in [-0.25, -0.2) is 0 Å². The van der Waals surface area contributed by atoms with Gasteiger partial charge in [0.15, 0.2) is 0 Å². The molecule has 5 N–H and O–H groups in total. The van der Waals surface area contributed by atoms with E-state index in [2.05, 4.69) is 29.6 Å². The molecular weight excluding hydrogens is 320 g/mol. The number of nitrogens with one attached hydrogen (secondary N) is 1. The highest BCUT2D eigenvalue weighted by atomic mass is 16.5. The van der Waals surface area contributed by atoms with E-state index in [-0.39, 0.29) is 12.6 Å². The quantitative estimate of drug-likeness (QED) is 0.668. The molecule has 6 nitrogen and oxygen atoms in total. The van der Waals surface area contributed by atoms with Gasteiger partial charge in [0.25, 0.3) is 0 Å². The van der Waals surface area contributed by atoms with E-state index in [0.29, 0.717) is 12.8 Å². The topological polar surface area (TPSA) is 105 Å². The summed E-state index contributed by atoms with van der Waals surface area (Å²) in [5, 5.41) is 18.9. The number of aliphatic hydroxyl groups is 2. The van der Waals surface area contributed by atoms with E-state index >= 15 is 0 Å². The van der Waals surface area contributed by atoms with Gasteiger partial charge < -0.3 is 25.5 Å². The smallest absolute Gasteiger partial charge is 0.106 e. The monoisotopic (exact) mass is 348 g/mol. The molecule has 2 atom stereocenters. The first-order valence-corrected chi connectivity index (χ1v) is 7.82. The van der Waals surface area contributed by atoms with E-state index < -0.39 is 0 Å². The number of benzene rings is 2. The molecule has 138 valence electrons. The molecule has 0 bridgehead atoms. The van der Waals surface area contributed by atoms with Crippen LogP contribution in [-0.4, -0.2) is 44.1 Å². The van der Waals surface area contributed by atoms with Crippen LogP contribution in [0.4, 0.5) is 0 Å². The van der Waals surface area contributed by atoms with E-state index in [1.54, 1.807) is 0 Å². The summed E-state index contributed by atoms with van der Waals surface area (Å²) in [6.07, 6.45) is 0. The Bertz CT molecular complexity index is 519. The maximum Gasteiger partial charge on any atom is 0.106 e. The van der Waals surface area contributed by atoms with Crippen LogP contribution in [0.25, 0.3) is 0 Å². The molecule has 1 aliphatic heterocycles. The van der Waals surface area contributed by atoms with Crippen LogP contribution in [0.2, 0.25) is 0 Å². The minimum atomic E-state index is -0.235. The van der Waals surface area contributed by atoms with E-state index in [4.69, 9.17) is 25.5 Å². The summed E-state index contributed by atoms with van der Waals surface area (Å²) in [4.78, 5) is 8.00. The molecule has 0 unspecified atom stereocenters. The first-order valence-electron chi connectivity index (χ1n) is 7.82. The van der Waals surface area contributed by atoms with Crippen molar-refractivity contribution in [3.05, 3.63) is 71.8 Å². The minimum Gasteiger partial charge on any atom is -0.400 e. The highest BCUT2D eigenvalue weighted by Gasteiger charge is 2.15. The molecule has 2 aromatic carbocycles. The van der Waals surface area contributed by atoms with Gasteiger partial charge in [0.1, 0.15) is 6.79 Å². The number of carbonyl (C=O) groups excluding carboxylic acids is 1. The van der Waals surface area contributed by atoms with Crippen LogP contribution in [0.3, 0.4) is 0 Å². The second-order valence-corrected chi connectivity index (χ2v) is 4.88. The van der Waals surface area contributed by atoms with E-state index in [1.807, 2.05) is 43.2 Å². The standard InChI is InChI=1S/C9H11NO.C8H11NO.CH4O.CH2O/c1-2-4-8(5-3-1)9-6-11-7-10-9;9-8(6-10)7-4-2-1-3-5-7;2*1-2/h1-5,9-10H,6-7H2;1-5,8,10H,6,9H2;2H,1H3;1H2/t9-;8-;;/m11../s1. The minimum absolute atomic E-state index is 0.00398. The Morgan fingerprint density at radius 2 is 1.64 bits per heavy atom. The fraction of sp³-hybridized carbons (Fsp3) is 0.316. The molecule has 0 aromatic heterocycles. The second kappa shape index (κ2) is 15.4. The number of aliphatic hydroxyl groups excluding tert-OH is 2. The molecule has 0 saturated carbocycles. The molecule has 25 heavy (non-hydrogen) atoms. The van der Waals surface area contributed by atoms with Crippen molar-refractivity contribution in [1.29, 1.82) is 0 Å². The molecule has 0 aliphatic carbocycles. The van der Waals surface area contributed by atoms with Crippen molar-refractivity contribution in [3.8, 4) is 0 Å². The third-order valence-corrected chi connectivity index (χ3v) is 3.34. The number of carbonyl (C=O) groups is 1. The van der Waals surface area contributed by atoms with Gasteiger partial charge in [-0.1, -0.05) is 60.7 Å². The highest BCUT2D eigenvalue weighted by molar-refractivity contribution is 5.19. The first kappa shape index (κ1) is 22.9. The predicted molar refractivity (Wildman–Crippen MR) is 98.9 cm³/mol. The van der Waals surface area contributed by atoms with E-state index in [1.165, 1.54) is 5.56 Å². The molecule has 1 saturated heterocycles. The number of hydrogen-bond donors (Lipinski definition) is 4. The first-order chi connectivity index (χ1) is 12.3. The van der Waals surface area contributed by atoms with Crippen LogP contribution in [0.15, 0.2) is 60.7 Å². The Morgan fingerprint density at radius 1 is 1.12 bits per heavy atom. The summed E-state index contributed by atoms with van der Waals surface area (Å²) in [5.74, 6) is 0. The molecule has 1 heterocycles. The summed E-state index contributed by atoms with van der Waals surface area (Å²) in [6, 6.07) is 20.1. The summed E-state index contributed by atoms with van der Waals surface area (Å²) < 4.78 is 5.20. The van der Waals surface area contributed by atoms with Gasteiger partial charge in [0.05, 0.1) is 32.0 Å². The molecular formula is C19H28N2O4. The van der Waals surface area contributed by atoms with Crippen LogP contribution in [-0.2, 0) is 9.53 Å². The number of rotatable bonds is 3. The molecule has 3 rings (SSSR count). The van der Waals surface area contributed by atoms with Crippen molar-refractivity contribution in [3.63, 3.8) is 0 Å². The largest absolute Gasteiger partial charge is 0.400 e. The normalized spacial score (nSPS) is 16.1. The Kier molecular flexibility index (Phi) is 14.1. The molecule has 2 aromatic rings. The van der Waals surface area contributed by atoms with Crippen molar-refractivity contribution in [2.24, 2.45) is 5.73 Å². The summed E-state index contributed by atoms with van der Waals surface area (Å²) in [6.45, 7) is 3.48. The number of nitrogens with two attached hydrogens (primary N) is 1. The average Bonchev–Trinajstić information content (AvgIpc) is 3.27. The van der Waals surface area contributed by atoms with Gasteiger partial charge >= 0.3 is 0 Å². The number of ether oxygens (including phenoxy) is 1. The average molecular weight is 348 g/mol. The summed E-state index contributed by atoms with van der Waals surface area (Å²) >= 11 is 0. The lowest BCUT2D eigenvalue weighted by atomic mass is 10.1. The SMILES string of the molecule is C=O.CO.N[C@H](CO)c1ccccc1.c1ccc([C@H]2COCN2)cc1. The lowest BCUT2D eigenvalue weighted by Crippen LogP contribution is -2.14. The van der Waals surface area contributed by atoms with Crippen molar-refractivity contribution >= 4 is 6.79 Å². The molecule has 1 aliphatic rings. The molecule has 6 heteroatoms. The maximum absolute atomic E-state index is 8.66. The van der Waals surface area contributed by atoms with Crippen LogP contribution >= 0.6 is 0 Å².